The molecular weight excluding hydrogens is 602 g/mol. The van der Waals surface area contributed by atoms with E-state index in [9.17, 15) is 19.5 Å². The second kappa shape index (κ2) is 14.9. The van der Waals surface area contributed by atoms with Gasteiger partial charge in [0.1, 0.15) is 17.5 Å². The lowest BCUT2D eigenvalue weighted by atomic mass is 9.97. The van der Waals surface area contributed by atoms with E-state index in [0.717, 1.165) is 28.0 Å². The second-order valence-corrected chi connectivity index (χ2v) is 12.9. The van der Waals surface area contributed by atoms with Crippen molar-refractivity contribution in [3.8, 4) is 11.5 Å². The summed E-state index contributed by atoms with van der Waals surface area (Å²) in [5.41, 5.74) is 3.55. The van der Waals surface area contributed by atoms with Crippen LogP contribution in [0.15, 0.2) is 85.5 Å². The first-order valence-electron chi connectivity index (χ1n) is 15.5. The minimum atomic E-state index is -1.63. The molecule has 1 unspecified atom stereocenters. The number of thioether (sulfide) groups is 1. The van der Waals surface area contributed by atoms with E-state index in [-0.39, 0.29) is 36.2 Å². The third kappa shape index (κ3) is 7.24. The lowest BCUT2D eigenvalue weighted by Gasteiger charge is -2.39. The molecule has 3 aromatic rings. The highest BCUT2D eigenvalue weighted by atomic mass is 32.2. The summed E-state index contributed by atoms with van der Waals surface area (Å²) in [7, 11) is 0. The van der Waals surface area contributed by atoms with Crippen LogP contribution in [0, 0.1) is 13.8 Å². The van der Waals surface area contributed by atoms with E-state index in [2.05, 4.69) is 11.9 Å². The lowest BCUT2D eigenvalue weighted by molar-refractivity contribution is -0.150. The molecule has 2 aliphatic rings. The van der Waals surface area contributed by atoms with Gasteiger partial charge in [-0.3, -0.25) is 14.4 Å². The van der Waals surface area contributed by atoms with Crippen molar-refractivity contribution < 1.29 is 29.0 Å². The molecule has 0 bridgehead atoms. The number of benzene rings is 3. The highest BCUT2D eigenvalue weighted by Crippen LogP contribution is 2.40. The predicted octanol–water partition coefficient (Wildman–Crippen LogP) is 4.56. The number of fused-ring (bicyclic) bond motifs is 1. The Labute approximate surface area is 274 Å². The van der Waals surface area contributed by atoms with Crippen LogP contribution in [0.3, 0.4) is 0 Å². The number of nitrogens with zero attached hydrogens (tertiary/aromatic N) is 2. The van der Waals surface area contributed by atoms with Gasteiger partial charge in [0, 0.05) is 12.0 Å². The van der Waals surface area contributed by atoms with Crippen molar-refractivity contribution in [3.05, 3.63) is 108 Å². The molecule has 5 rings (SSSR count). The fraction of sp³-hybridized carbons (Fsp3) is 0.361. The monoisotopic (exact) mass is 643 g/mol. The fourth-order valence-corrected chi connectivity index (χ4v) is 7.20. The van der Waals surface area contributed by atoms with E-state index in [1.807, 2.05) is 98.5 Å². The van der Waals surface area contributed by atoms with Crippen LogP contribution in [-0.2, 0) is 20.8 Å². The van der Waals surface area contributed by atoms with Crippen LogP contribution < -0.4 is 14.8 Å². The Balaban J connectivity index is 1.36. The van der Waals surface area contributed by atoms with E-state index >= 15 is 0 Å². The van der Waals surface area contributed by atoms with Gasteiger partial charge >= 0.3 is 0 Å². The van der Waals surface area contributed by atoms with Crippen molar-refractivity contribution in [2.45, 2.75) is 63.2 Å². The first kappa shape index (κ1) is 33.1. The summed E-state index contributed by atoms with van der Waals surface area (Å²) >= 11 is 1.43. The molecule has 1 saturated heterocycles. The summed E-state index contributed by atoms with van der Waals surface area (Å²) in [6.45, 7) is 9.83. The number of carbonyl (C=O) groups is 3. The summed E-state index contributed by atoms with van der Waals surface area (Å²) in [6.07, 6.45) is 0.625. The number of hydrogen-bond acceptors (Lipinski definition) is 7. The van der Waals surface area contributed by atoms with Gasteiger partial charge in [0.05, 0.1) is 29.9 Å². The quantitative estimate of drug-likeness (QED) is 0.312. The number of nitrogens with one attached hydrogen (secondary N) is 1. The molecule has 5 atom stereocenters. The van der Waals surface area contributed by atoms with E-state index in [4.69, 9.17) is 9.47 Å². The van der Waals surface area contributed by atoms with Gasteiger partial charge in [-0.05, 0) is 49.9 Å². The molecule has 2 N–H and O–H groups in total. The number of para-hydroxylation sites is 2. The van der Waals surface area contributed by atoms with E-state index < -0.39 is 30.0 Å². The predicted molar refractivity (Wildman–Crippen MR) is 178 cm³/mol. The summed E-state index contributed by atoms with van der Waals surface area (Å²) in [5, 5.41) is 14.2. The van der Waals surface area contributed by atoms with E-state index in [1.165, 1.54) is 22.7 Å². The van der Waals surface area contributed by atoms with Crippen molar-refractivity contribution in [3.63, 3.8) is 0 Å². The molecule has 1 fully saturated rings. The maximum absolute atomic E-state index is 14.2. The number of amides is 3. The average Bonchev–Trinajstić information content (AvgIpc) is 3.18. The van der Waals surface area contributed by atoms with Gasteiger partial charge in [-0.25, -0.2) is 0 Å². The SMILES string of the molecule is C=C[C@H]1C(=O)N([C@H]2CCOc3ccccc32)C(C)SCN1C(=O)[C@@H](O)[C@H](Cc1ccccc1)NC(=O)COc1c(C)cccc1C. The van der Waals surface area contributed by atoms with Crippen molar-refractivity contribution in [1.29, 1.82) is 0 Å². The first-order chi connectivity index (χ1) is 22.2. The van der Waals surface area contributed by atoms with E-state index in [0.29, 0.717) is 18.8 Å². The van der Waals surface area contributed by atoms with Crippen LogP contribution in [0.4, 0.5) is 0 Å². The van der Waals surface area contributed by atoms with Crippen molar-refractivity contribution in [2.75, 3.05) is 19.1 Å². The smallest absolute Gasteiger partial charge is 0.258 e. The number of rotatable bonds is 10. The summed E-state index contributed by atoms with van der Waals surface area (Å²) < 4.78 is 11.7. The van der Waals surface area contributed by atoms with Crippen LogP contribution >= 0.6 is 11.8 Å². The van der Waals surface area contributed by atoms with Gasteiger partial charge in [0.2, 0.25) is 0 Å². The second-order valence-electron chi connectivity index (χ2n) is 11.6. The van der Waals surface area contributed by atoms with Crippen molar-refractivity contribution in [2.24, 2.45) is 0 Å². The molecule has 3 amide bonds. The molecular formula is C36H41N3O6S. The van der Waals surface area contributed by atoms with Crippen LogP contribution in [0.5, 0.6) is 11.5 Å². The zero-order valence-electron chi connectivity index (χ0n) is 26.4. The minimum Gasteiger partial charge on any atom is -0.493 e. The van der Waals surface area contributed by atoms with Crippen LogP contribution in [0.1, 0.15) is 41.6 Å². The van der Waals surface area contributed by atoms with Crippen LogP contribution in [0.25, 0.3) is 0 Å². The molecule has 0 aliphatic carbocycles. The summed E-state index contributed by atoms with van der Waals surface area (Å²) in [6, 6.07) is 20.5. The zero-order chi connectivity index (χ0) is 32.8. The number of carbonyl (C=O) groups excluding carboxylic acids is 3. The number of hydrogen-bond donors (Lipinski definition) is 2. The minimum absolute atomic E-state index is 0.155. The number of aliphatic hydroxyl groups excluding tert-OH is 1. The Kier molecular flexibility index (Phi) is 10.7. The molecule has 2 heterocycles. The van der Waals surface area contributed by atoms with Gasteiger partial charge in [0.15, 0.2) is 12.7 Å². The van der Waals surface area contributed by atoms with Gasteiger partial charge in [-0.1, -0.05) is 72.8 Å². The highest BCUT2D eigenvalue weighted by Gasteiger charge is 2.44. The molecule has 9 nitrogen and oxygen atoms in total. The molecule has 242 valence electrons. The molecule has 0 spiro atoms. The molecule has 3 aromatic carbocycles. The fourth-order valence-electron chi connectivity index (χ4n) is 6.13. The molecule has 0 saturated carbocycles. The first-order valence-corrected chi connectivity index (χ1v) is 16.5. The summed E-state index contributed by atoms with van der Waals surface area (Å²) in [4.78, 5) is 44.6. The highest BCUT2D eigenvalue weighted by molar-refractivity contribution is 7.99. The average molecular weight is 644 g/mol. The normalized spacial score (nSPS) is 20.9. The van der Waals surface area contributed by atoms with Crippen LogP contribution in [0.2, 0.25) is 0 Å². The number of aliphatic hydroxyl groups is 1. The molecule has 10 heteroatoms. The molecule has 2 aliphatic heterocycles. The van der Waals surface area contributed by atoms with Gasteiger partial charge < -0.3 is 29.7 Å². The Morgan fingerprint density at radius 2 is 1.78 bits per heavy atom. The van der Waals surface area contributed by atoms with Gasteiger partial charge in [-0.15, -0.1) is 18.3 Å². The van der Waals surface area contributed by atoms with Crippen molar-refractivity contribution >= 4 is 29.5 Å². The third-order valence-corrected chi connectivity index (χ3v) is 9.63. The topological polar surface area (TPSA) is 108 Å². The van der Waals surface area contributed by atoms with Gasteiger partial charge in [0.25, 0.3) is 17.7 Å². The molecule has 0 aromatic heterocycles. The van der Waals surface area contributed by atoms with E-state index in [1.54, 1.807) is 0 Å². The Hall–Kier alpha value is -4.28. The van der Waals surface area contributed by atoms with Crippen molar-refractivity contribution in [1.82, 2.24) is 15.1 Å². The molecule has 0 radical (unpaired) electrons. The maximum atomic E-state index is 14.2. The largest absolute Gasteiger partial charge is 0.493 e. The maximum Gasteiger partial charge on any atom is 0.258 e. The zero-order valence-corrected chi connectivity index (χ0v) is 27.2. The summed E-state index contributed by atoms with van der Waals surface area (Å²) in [5.74, 6) is 0.100. The Bertz CT molecular complexity index is 1550. The standard InChI is InChI=1S/C36H41N3O6S/c1-5-29-35(42)39(30-18-19-44-31-17-10-9-16-27(30)31)25(4)46-22-38(29)36(43)33(41)28(20-26-14-7-6-8-15-26)37-32(40)21-45-34-23(2)12-11-13-24(34)3/h5-17,25,28-30,33,41H,1,18-22H2,2-4H3,(H,37,40)/t25?,28-,29-,30-,33-/m0/s1. The Morgan fingerprint density at radius 1 is 1.09 bits per heavy atom. The number of ether oxygens (including phenoxy) is 2. The Morgan fingerprint density at radius 3 is 2.50 bits per heavy atom. The lowest BCUT2D eigenvalue weighted by Crippen LogP contribution is -2.57. The molecule has 46 heavy (non-hydrogen) atoms. The number of aryl methyl sites for hydroxylation is 2. The van der Waals surface area contributed by atoms with Gasteiger partial charge in [-0.2, -0.15) is 0 Å². The third-order valence-electron chi connectivity index (χ3n) is 8.49. The van der Waals surface area contributed by atoms with Crippen LogP contribution in [-0.4, -0.2) is 75.3 Å².